The second kappa shape index (κ2) is 21.8. The van der Waals surface area contributed by atoms with Crippen molar-refractivity contribution < 1.29 is 19.1 Å². The number of nitrogen functional groups attached to an aromatic ring is 1. The number of nitrogens with one attached hydrogen (secondary N) is 1. The number of carbonyl (C=O) groups excluding carboxylic acids is 2. The highest BCUT2D eigenvalue weighted by molar-refractivity contribution is 6.29. The van der Waals surface area contributed by atoms with Crippen molar-refractivity contribution in [3.8, 4) is 22.3 Å². The Labute approximate surface area is 389 Å². The van der Waals surface area contributed by atoms with Gasteiger partial charge in [-0.2, -0.15) is 10.2 Å². The Morgan fingerprint density at radius 2 is 1.17 bits per heavy atom. The van der Waals surface area contributed by atoms with Crippen molar-refractivity contribution in [3.63, 3.8) is 0 Å². The van der Waals surface area contributed by atoms with Gasteiger partial charge in [0, 0.05) is 38.9 Å². The summed E-state index contributed by atoms with van der Waals surface area (Å²) in [5.41, 5.74) is 15.8. The van der Waals surface area contributed by atoms with E-state index < -0.39 is 11.2 Å². The molecule has 0 amide bonds. The molecule has 13 heteroatoms. The highest BCUT2D eigenvalue weighted by Crippen LogP contribution is 2.38. The summed E-state index contributed by atoms with van der Waals surface area (Å²) in [6, 6.07) is 21.2. The van der Waals surface area contributed by atoms with Gasteiger partial charge in [-0.3, -0.25) is 19.0 Å². The third-order valence-electron chi connectivity index (χ3n) is 11.2. The Kier molecular flexibility index (Phi) is 16.2. The Balaban J connectivity index is 0.000000190. The van der Waals surface area contributed by atoms with Crippen LogP contribution in [0.5, 0.6) is 0 Å². The Bertz CT molecular complexity index is 2520. The monoisotopic (exact) mass is 900 g/mol. The van der Waals surface area contributed by atoms with Gasteiger partial charge >= 0.3 is 11.9 Å². The number of pyridine rings is 2. The van der Waals surface area contributed by atoms with Crippen LogP contribution in [-0.4, -0.2) is 52.7 Å². The molecule has 3 N–H and O–H groups in total. The molecule has 12 nitrogen and oxygen atoms in total. The molecule has 0 unspecified atom stereocenters. The fourth-order valence-corrected chi connectivity index (χ4v) is 8.62. The number of hydrogen-bond donors (Lipinski definition) is 2. The largest absolute Gasteiger partial charge is 0.460 e. The molecule has 2 aromatic carbocycles. The molecule has 0 saturated heterocycles. The van der Waals surface area contributed by atoms with Gasteiger partial charge in [0.1, 0.15) is 22.2 Å². The van der Waals surface area contributed by atoms with E-state index >= 15 is 0 Å². The molecule has 65 heavy (non-hydrogen) atoms. The molecule has 0 spiro atoms. The van der Waals surface area contributed by atoms with E-state index in [2.05, 4.69) is 67.9 Å². The van der Waals surface area contributed by atoms with Gasteiger partial charge in [0.05, 0.1) is 36.6 Å². The van der Waals surface area contributed by atoms with Gasteiger partial charge in [0.25, 0.3) is 0 Å². The average Bonchev–Trinajstić information content (AvgIpc) is 3.69. The first-order chi connectivity index (χ1) is 30.9. The third kappa shape index (κ3) is 15.0. The van der Waals surface area contributed by atoms with Crippen molar-refractivity contribution in [2.45, 2.75) is 129 Å². The van der Waals surface area contributed by atoms with E-state index in [4.69, 9.17) is 26.8 Å². The zero-order valence-corrected chi connectivity index (χ0v) is 40.0. The van der Waals surface area contributed by atoms with Crippen molar-refractivity contribution in [2.24, 2.45) is 14.1 Å². The first-order valence-corrected chi connectivity index (χ1v) is 23.0. The molecule has 8 rings (SSSR count). The molecule has 0 bridgehead atoms. The fraction of sp³-hybridized carbons (Fsp3) is 0.423. The lowest BCUT2D eigenvalue weighted by Crippen LogP contribution is -2.25. The highest BCUT2D eigenvalue weighted by atomic mass is 35.5. The molecule has 4 aromatic heterocycles. The number of aryl methyl sites for hydroxylation is 4. The number of fused-ring (bicyclic) bond motifs is 2. The van der Waals surface area contributed by atoms with Gasteiger partial charge in [-0.15, -0.1) is 0 Å². The number of rotatable bonds is 8. The summed E-state index contributed by atoms with van der Waals surface area (Å²) in [6.07, 6.45) is 20.2. The van der Waals surface area contributed by atoms with Crippen LogP contribution in [-0.2, 0) is 46.0 Å². The second-order valence-corrected chi connectivity index (χ2v) is 19.5. The minimum absolute atomic E-state index is 0.111. The van der Waals surface area contributed by atoms with Gasteiger partial charge in [-0.1, -0.05) is 60.8 Å². The SMILES string of the molecule is CC(C)(C)OC(=O)C[C@@H]1CCCCc2cc(-c3ccnc(Cl)c3)ccc21.Cn1cc(N)cn1.Cn1cc(Nc2cc(-c3ccc4c(c3)CCCC[C@H]4CC(=O)OC(C)(C)C)ccn2)cn1. The quantitative estimate of drug-likeness (QED) is 0.0857. The van der Waals surface area contributed by atoms with E-state index in [1.54, 1.807) is 34.2 Å². The summed E-state index contributed by atoms with van der Waals surface area (Å²) in [5.74, 6) is 1.02. The van der Waals surface area contributed by atoms with Gasteiger partial charge < -0.3 is 20.5 Å². The number of anilines is 3. The molecule has 0 radical (unpaired) electrons. The van der Waals surface area contributed by atoms with Crippen LogP contribution in [0.1, 0.15) is 127 Å². The summed E-state index contributed by atoms with van der Waals surface area (Å²) in [4.78, 5) is 33.3. The lowest BCUT2D eigenvalue weighted by atomic mass is 9.88. The molecular weight excluding hydrogens is 836 g/mol. The van der Waals surface area contributed by atoms with Crippen LogP contribution in [0.25, 0.3) is 22.3 Å². The number of nitrogens with zero attached hydrogens (tertiary/aromatic N) is 6. The van der Waals surface area contributed by atoms with Crippen LogP contribution in [0.4, 0.5) is 17.2 Å². The third-order valence-corrected chi connectivity index (χ3v) is 11.4. The summed E-state index contributed by atoms with van der Waals surface area (Å²) < 4.78 is 14.6. The van der Waals surface area contributed by atoms with Crippen molar-refractivity contribution in [1.29, 1.82) is 0 Å². The van der Waals surface area contributed by atoms with Crippen LogP contribution < -0.4 is 11.1 Å². The molecule has 2 aliphatic carbocycles. The normalized spacial score (nSPS) is 15.9. The van der Waals surface area contributed by atoms with Gasteiger partial charge in [0.15, 0.2) is 0 Å². The number of ether oxygens (including phenoxy) is 2. The summed E-state index contributed by atoms with van der Waals surface area (Å²) in [6.45, 7) is 11.5. The molecule has 6 aromatic rings. The molecule has 0 saturated carbocycles. The van der Waals surface area contributed by atoms with Crippen LogP contribution in [0, 0.1) is 0 Å². The van der Waals surface area contributed by atoms with Crippen molar-refractivity contribution in [1.82, 2.24) is 29.5 Å². The van der Waals surface area contributed by atoms with E-state index in [0.29, 0.717) is 23.7 Å². The summed E-state index contributed by atoms with van der Waals surface area (Å²) in [5, 5.41) is 11.8. The molecule has 2 aliphatic rings. The molecular formula is C52H65ClN8O4. The van der Waals surface area contributed by atoms with E-state index in [1.165, 1.54) is 27.8 Å². The van der Waals surface area contributed by atoms with E-state index in [9.17, 15) is 9.59 Å². The number of halogens is 1. The van der Waals surface area contributed by atoms with Crippen molar-refractivity contribution in [2.75, 3.05) is 11.1 Å². The number of carbonyl (C=O) groups is 2. The lowest BCUT2D eigenvalue weighted by molar-refractivity contribution is -0.156. The smallest absolute Gasteiger partial charge is 0.306 e. The number of hydrogen-bond acceptors (Lipinski definition) is 10. The van der Waals surface area contributed by atoms with Gasteiger partial charge in [-0.05, 0) is 161 Å². The van der Waals surface area contributed by atoms with E-state index in [0.717, 1.165) is 79.6 Å². The molecule has 2 atom stereocenters. The minimum Gasteiger partial charge on any atom is -0.460 e. The topological polar surface area (TPSA) is 152 Å². The predicted molar refractivity (Wildman–Crippen MR) is 260 cm³/mol. The Morgan fingerprint density at radius 3 is 1.62 bits per heavy atom. The number of esters is 2. The van der Waals surface area contributed by atoms with Crippen molar-refractivity contribution in [3.05, 3.63) is 125 Å². The molecule has 344 valence electrons. The van der Waals surface area contributed by atoms with Crippen LogP contribution >= 0.6 is 11.6 Å². The standard InChI is InChI=1S/C26H32N4O2.C22H26ClNO2.C4H7N3/c1-26(2,3)32-25(31)15-21-8-6-5-7-20-13-18(9-10-23(20)21)19-11-12-27-24(14-19)29-22-16-28-30(4)17-22;1-22(2,3)26-21(25)14-18-7-5-4-6-17-12-15(8-9-19(17)18)16-10-11-24-20(23)13-16;1-7-3-4(5)2-6-7/h9-14,16-17,21H,5-8,15H2,1-4H3,(H,27,29);8-13,18H,4-7,14H2,1-3H3;2-3H,5H2,1H3/t21-;18-;/m00./s1. The molecule has 0 fully saturated rings. The van der Waals surface area contributed by atoms with Gasteiger partial charge in [-0.25, -0.2) is 9.97 Å². The maximum Gasteiger partial charge on any atom is 0.306 e. The first kappa shape index (κ1) is 48.4. The van der Waals surface area contributed by atoms with Crippen LogP contribution in [0.2, 0.25) is 5.15 Å². The first-order valence-electron chi connectivity index (χ1n) is 22.6. The summed E-state index contributed by atoms with van der Waals surface area (Å²) >= 11 is 6.03. The minimum atomic E-state index is -0.447. The zero-order chi connectivity index (χ0) is 46.7. The zero-order valence-electron chi connectivity index (χ0n) is 39.2. The Morgan fingerprint density at radius 1 is 0.677 bits per heavy atom. The average molecular weight is 902 g/mol. The maximum absolute atomic E-state index is 12.5. The molecule has 4 heterocycles. The number of nitrogens with two attached hydrogens (primary N) is 1. The van der Waals surface area contributed by atoms with E-state index in [-0.39, 0.29) is 23.8 Å². The number of benzene rings is 2. The fourth-order valence-electron chi connectivity index (χ4n) is 8.45. The number of aromatic nitrogens is 6. The molecule has 0 aliphatic heterocycles. The predicted octanol–water partition coefficient (Wildman–Crippen LogP) is 11.7. The van der Waals surface area contributed by atoms with Crippen LogP contribution in [0.15, 0.2) is 97.8 Å². The Hall–Kier alpha value is -6.01. The maximum atomic E-state index is 12.5. The van der Waals surface area contributed by atoms with E-state index in [1.807, 2.05) is 86.2 Å². The lowest BCUT2D eigenvalue weighted by Gasteiger charge is -2.23. The van der Waals surface area contributed by atoms with Gasteiger partial charge in [0.2, 0.25) is 0 Å². The summed E-state index contributed by atoms with van der Waals surface area (Å²) in [7, 11) is 3.72. The van der Waals surface area contributed by atoms with Crippen molar-refractivity contribution >= 4 is 40.7 Å². The highest BCUT2D eigenvalue weighted by Gasteiger charge is 2.27. The second-order valence-electron chi connectivity index (χ2n) is 19.1. The van der Waals surface area contributed by atoms with Crippen LogP contribution in [0.3, 0.4) is 0 Å².